The lowest BCUT2D eigenvalue weighted by molar-refractivity contribution is -0.137. The maximum Gasteiger partial charge on any atom is 0.334 e. The van der Waals surface area contributed by atoms with Crippen molar-refractivity contribution >= 4 is 5.97 Å². The fraction of sp³-hybridized carbons (Fsp3) is 0.667. The van der Waals surface area contributed by atoms with E-state index in [-0.39, 0.29) is 11.7 Å². The molecule has 0 aromatic rings. The molecule has 0 radical (unpaired) electrons. The summed E-state index contributed by atoms with van der Waals surface area (Å²) < 4.78 is 10.9. The first-order valence-corrected chi connectivity index (χ1v) is 6.95. The van der Waals surface area contributed by atoms with Crippen LogP contribution in [0.15, 0.2) is 23.8 Å². The van der Waals surface area contributed by atoms with Crippen molar-refractivity contribution in [1.29, 1.82) is 0 Å². The van der Waals surface area contributed by atoms with E-state index in [1.807, 2.05) is 6.92 Å². The van der Waals surface area contributed by atoms with Crippen LogP contribution in [0.2, 0.25) is 0 Å². The van der Waals surface area contributed by atoms with E-state index in [1.165, 1.54) is 0 Å². The summed E-state index contributed by atoms with van der Waals surface area (Å²) in [6.45, 7) is 7.46. The van der Waals surface area contributed by atoms with Crippen LogP contribution in [0.1, 0.15) is 26.7 Å². The lowest BCUT2D eigenvalue weighted by atomic mass is 9.82. The van der Waals surface area contributed by atoms with Gasteiger partial charge < -0.3 is 19.7 Å². The normalized spacial score (nSPS) is 48.0. The van der Waals surface area contributed by atoms with Gasteiger partial charge in [0, 0.05) is 5.57 Å². The zero-order valence-corrected chi connectivity index (χ0v) is 11.7. The zero-order chi connectivity index (χ0) is 14.7. The molecule has 3 rings (SSSR count). The lowest BCUT2D eigenvalue weighted by Gasteiger charge is -2.24. The van der Waals surface area contributed by atoms with Crippen LogP contribution in [0.4, 0.5) is 0 Å². The van der Waals surface area contributed by atoms with Crippen LogP contribution in [0, 0.1) is 5.92 Å². The Morgan fingerprint density at radius 2 is 2.15 bits per heavy atom. The molecule has 2 fully saturated rings. The number of aliphatic hydroxyl groups excluding tert-OH is 2. The second-order valence-electron chi connectivity index (χ2n) is 6.23. The van der Waals surface area contributed by atoms with Crippen LogP contribution in [-0.4, -0.2) is 46.2 Å². The number of hydrogen-bond donors (Lipinski definition) is 2. The van der Waals surface area contributed by atoms with E-state index in [2.05, 4.69) is 6.58 Å². The highest BCUT2D eigenvalue weighted by Crippen LogP contribution is 2.48. The van der Waals surface area contributed by atoms with Crippen LogP contribution < -0.4 is 0 Å². The summed E-state index contributed by atoms with van der Waals surface area (Å²) >= 11 is 0. The van der Waals surface area contributed by atoms with Crippen molar-refractivity contribution < 1.29 is 24.5 Å². The molecule has 0 bridgehead atoms. The van der Waals surface area contributed by atoms with E-state index in [1.54, 1.807) is 13.0 Å². The SMILES string of the molecule is C=C1C(=O)O[C@H]2C=C(C)[C@@H](O)CC[C@@]3(C)O[C@@H]3[C@@H](O)[C@H]12. The van der Waals surface area contributed by atoms with Crippen molar-refractivity contribution in [2.75, 3.05) is 0 Å². The van der Waals surface area contributed by atoms with Crippen LogP contribution in [0.3, 0.4) is 0 Å². The summed E-state index contributed by atoms with van der Waals surface area (Å²) in [6.07, 6.45) is 0.642. The molecule has 5 heteroatoms. The molecule has 20 heavy (non-hydrogen) atoms. The summed E-state index contributed by atoms with van der Waals surface area (Å²) in [5.41, 5.74) is 0.589. The second kappa shape index (κ2) is 4.41. The van der Waals surface area contributed by atoms with Crippen LogP contribution in [-0.2, 0) is 14.3 Å². The van der Waals surface area contributed by atoms with Crippen LogP contribution in [0.25, 0.3) is 0 Å². The fourth-order valence-electron chi connectivity index (χ4n) is 3.24. The fourth-order valence-corrected chi connectivity index (χ4v) is 3.24. The van der Waals surface area contributed by atoms with Crippen molar-refractivity contribution in [1.82, 2.24) is 0 Å². The smallest absolute Gasteiger partial charge is 0.334 e. The maximum absolute atomic E-state index is 11.7. The molecule has 3 aliphatic rings. The van der Waals surface area contributed by atoms with Crippen molar-refractivity contribution in [2.45, 2.75) is 56.7 Å². The summed E-state index contributed by atoms with van der Waals surface area (Å²) in [5.74, 6) is -0.992. The van der Waals surface area contributed by atoms with Gasteiger partial charge in [0.15, 0.2) is 0 Å². The highest BCUT2D eigenvalue weighted by Gasteiger charge is 2.60. The van der Waals surface area contributed by atoms with Gasteiger partial charge in [0.2, 0.25) is 0 Å². The minimum Gasteiger partial charge on any atom is -0.454 e. The van der Waals surface area contributed by atoms with E-state index in [4.69, 9.17) is 9.47 Å². The molecule has 110 valence electrons. The predicted molar refractivity (Wildman–Crippen MR) is 70.8 cm³/mol. The average Bonchev–Trinajstić information content (AvgIpc) is 2.99. The molecular formula is C15H20O5. The van der Waals surface area contributed by atoms with E-state index in [0.29, 0.717) is 12.8 Å². The highest BCUT2D eigenvalue weighted by molar-refractivity contribution is 5.91. The number of carbonyl (C=O) groups is 1. The molecule has 0 saturated carbocycles. The number of carbonyl (C=O) groups excluding carboxylic acids is 1. The van der Waals surface area contributed by atoms with E-state index in [0.717, 1.165) is 5.57 Å². The molecular weight excluding hydrogens is 260 g/mol. The first-order chi connectivity index (χ1) is 9.33. The van der Waals surface area contributed by atoms with Gasteiger partial charge in [-0.25, -0.2) is 4.79 Å². The second-order valence-corrected chi connectivity index (χ2v) is 6.23. The van der Waals surface area contributed by atoms with E-state index < -0.39 is 35.8 Å². The lowest BCUT2D eigenvalue weighted by Crippen LogP contribution is -2.36. The Kier molecular flexibility index (Phi) is 3.04. The van der Waals surface area contributed by atoms with Crippen molar-refractivity contribution in [3.05, 3.63) is 23.8 Å². The third-order valence-electron chi connectivity index (χ3n) is 4.75. The van der Waals surface area contributed by atoms with E-state index >= 15 is 0 Å². The first kappa shape index (κ1) is 13.8. The minimum absolute atomic E-state index is 0.277. The molecule has 0 aromatic carbocycles. The highest BCUT2D eigenvalue weighted by atomic mass is 16.6. The number of hydrogen-bond acceptors (Lipinski definition) is 5. The maximum atomic E-state index is 11.7. The van der Waals surface area contributed by atoms with Gasteiger partial charge in [-0.3, -0.25) is 0 Å². The number of ether oxygens (including phenoxy) is 2. The molecule has 0 spiro atoms. The number of rotatable bonds is 0. The van der Waals surface area contributed by atoms with Crippen LogP contribution in [0.5, 0.6) is 0 Å². The Morgan fingerprint density at radius 1 is 1.45 bits per heavy atom. The number of esters is 1. The third-order valence-corrected chi connectivity index (χ3v) is 4.75. The Morgan fingerprint density at radius 3 is 2.85 bits per heavy atom. The summed E-state index contributed by atoms with van der Waals surface area (Å²) in [7, 11) is 0. The zero-order valence-electron chi connectivity index (χ0n) is 11.7. The quantitative estimate of drug-likeness (QED) is 0.295. The van der Waals surface area contributed by atoms with Gasteiger partial charge in [-0.2, -0.15) is 0 Å². The molecule has 2 saturated heterocycles. The molecule has 0 unspecified atom stereocenters. The summed E-state index contributed by atoms with van der Waals surface area (Å²) in [4.78, 5) is 11.7. The summed E-state index contributed by atoms with van der Waals surface area (Å²) in [5, 5.41) is 20.6. The monoisotopic (exact) mass is 280 g/mol. The number of fused-ring (bicyclic) bond motifs is 2. The van der Waals surface area contributed by atoms with Gasteiger partial charge in [0.05, 0.1) is 23.7 Å². The van der Waals surface area contributed by atoms with Crippen molar-refractivity contribution in [3.63, 3.8) is 0 Å². The number of aliphatic hydroxyl groups is 2. The molecule has 2 N–H and O–H groups in total. The Labute approximate surface area is 117 Å². The molecule has 1 aliphatic carbocycles. The van der Waals surface area contributed by atoms with Gasteiger partial charge in [-0.1, -0.05) is 6.58 Å². The van der Waals surface area contributed by atoms with Crippen molar-refractivity contribution in [3.8, 4) is 0 Å². The standard InChI is InChI=1S/C15H20O5/c1-7-6-10-11(8(2)14(18)19-10)12(17)13-15(3,20-13)5-4-9(7)16/h6,9-13,16-17H,2,4-5H2,1,3H3/t9-,10-,11+,12-,13+,15+/m0/s1. The number of epoxide rings is 1. The largest absolute Gasteiger partial charge is 0.454 e. The third kappa shape index (κ3) is 2.01. The Balaban J connectivity index is 1.97. The molecule has 0 amide bonds. The summed E-state index contributed by atoms with van der Waals surface area (Å²) in [6, 6.07) is 0. The molecule has 6 atom stereocenters. The average molecular weight is 280 g/mol. The van der Waals surface area contributed by atoms with Crippen LogP contribution >= 0.6 is 0 Å². The van der Waals surface area contributed by atoms with E-state index in [9.17, 15) is 15.0 Å². The van der Waals surface area contributed by atoms with Gasteiger partial charge in [-0.05, 0) is 38.3 Å². The molecule has 2 aliphatic heterocycles. The Hall–Kier alpha value is -1.17. The van der Waals surface area contributed by atoms with Gasteiger partial charge in [0.25, 0.3) is 0 Å². The Bertz CT molecular complexity index is 496. The molecule has 2 heterocycles. The topological polar surface area (TPSA) is 79.3 Å². The van der Waals surface area contributed by atoms with Gasteiger partial charge in [-0.15, -0.1) is 0 Å². The predicted octanol–water partition coefficient (Wildman–Crippen LogP) is 0.704. The minimum atomic E-state index is -0.816. The molecule has 0 aromatic heterocycles. The van der Waals surface area contributed by atoms with Gasteiger partial charge >= 0.3 is 5.97 Å². The van der Waals surface area contributed by atoms with Crippen molar-refractivity contribution in [2.24, 2.45) is 5.92 Å². The molecule has 5 nitrogen and oxygen atoms in total. The first-order valence-electron chi connectivity index (χ1n) is 6.95. The van der Waals surface area contributed by atoms with Gasteiger partial charge in [0.1, 0.15) is 12.2 Å².